The quantitative estimate of drug-likeness (QED) is 0.749. The van der Waals surface area contributed by atoms with E-state index in [-0.39, 0.29) is 0 Å². The Morgan fingerprint density at radius 3 is 1.57 bits per heavy atom. The lowest BCUT2D eigenvalue weighted by Crippen LogP contribution is -2.00. The smallest absolute Gasteiger partial charge is 0.0427 e. The number of rotatable bonds is 3. The second kappa shape index (κ2) is 4.29. The number of aromatic nitrogens is 2. The van der Waals surface area contributed by atoms with Crippen molar-refractivity contribution in [3.8, 4) is 0 Å². The van der Waals surface area contributed by atoms with Gasteiger partial charge in [0.05, 0.1) is 0 Å². The summed E-state index contributed by atoms with van der Waals surface area (Å²) >= 11 is 0. The van der Waals surface area contributed by atoms with E-state index in [1.54, 1.807) is 0 Å². The van der Waals surface area contributed by atoms with Crippen LogP contribution in [0.15, 0.2) is 24.5 Å². The van der Waals surface area contributed by atoms with Crippen molar-refractivity contribution in [3.05, 3.63) is 35.7 Å². The highest BCUT2D eigenvalue weighted by molar-refractivity contribution is 8.18. The van der Waals surface area contributed by atoms with Crippen molar-refractivity contribution in [2.24, 2.45) is 0 Å². The molecule has 0 amide bonds. The maximum atomic E-state index is 3.29. The molecule has 2 aromatic heterocycles. The monoisotopic (exact) mass is 224 g/mol. The molecule has 0 aliphatic heterocycles. The Kier molecular flexibility index (Phi) is 3.05. The van der Waals surface area contributed by atoms with Crippen LogP contribution in [-0.4, -0.2) is 9.97 Å². The molecule has 74 valence electrons. The van der Waals surface area contributed by atoms with Crippen molar-refractivity contribution < 1.29 is 0 Å². The average molecular weight is 224 g/mol. The van der Waals surface area contributed by atoms with Gasteiger partial charge in [0, 0.05) is 23.3 Å². The zero-order chi connectivity index (χ0) is 9.97. The lowest BCUT2D eigenvalue weighted by atomic mass is 10.4. The fraction of sp³-hybridized carbons (Fsp3) is 0.200. The Morgan fingerprint density at radius 1 is 0.857 bits per heavy atom. The summed E-state index contributed by atoms with van der Waals surface area (Å²) in [6, 6.07) is 4.27. The molecule has 14 heavy (non-hydrogen) atoms. The van der Waals surface area contributed by atoms with Gasteiger partial charge in [-0.05, 0) is 53.6 Å². The molecule has 2 unspecified atom stereocenters. The molecule has 0 radical (unpaired) electrons. The van der Waals surface area contributed by atoms with Gasteiger partial charge in [0.25, 0.3) is 0 Å². The number of aryl methyl sites for hydroxylation is 2. The molecule has 0 fully saturated rings. The van der Waals surface area contributed by atoms with Crippen LogP contribution in [0, 0.1) is 13.8 Å². The fourth-order valence-corrected chi connectivity index (χ4v) is 4.78. The van der Waals surface area contributed by atoms with E-state index in [1.165, 1.54) is 22.0 Å². The van der Waals surface area contributed by atoms with Crippen molar-refractivity contribution in [3.63, 3.8) is 0 Å². The van der Waals surface area contributed by atoms with Gasteiger partial charge in [-0.2, -0.15) is 0 Å². The van der Waals surface area contributed by atoms with Gasteiger partial charge < -0.3 is 9.97 Å². The molecule has 2 atom stereocenters. The minimum Gasteiger partial charge on any atom is -0.361 e. The van der Waals surface area contributed by atoms with Crippen LogP contribution < -0.4 is 10.9 Å². The number of hydrogen-bond donors (Lipinski definition) is 2. The van der Waals surface area contributed by atoms with Crippen molar-refractivity contribution in [1.29, 1.82) is 0 Å². The summed E-state index contributed by atoms with van der Waals surface area (Å²) in [5, 5.41) is 0. The maximum absolute atomic E-state index is 3.29. The second-order valence-corrected chi connectivity index (χ2v) is 6.32. The molecule has 0 aliphatic carbocycles. The van der Waals surface area contributed by atoms with E-state index in [0.29, 0.717) is 0 Å². The molecule has 2 aromatic rings. The van der Waals surface area contributed by atoms with Crippen LogP contribution in [-0.2, 0) is 0 Å². The van der Waals surface area contributed by atoms with Crippen molar-refractivity contribution in [1.82, 2.24) is 9.97 Å². The molecule has 2 N–H and O–H groups in total. The summed E-state index contributed by atoms with van der Waals surface area (Å²) in [5.41, 5.74) is 5.52. The Balaban J connectivity index is 2.02. The van der Waals surface area contributed by atoms with Crippen LogP contribution in [0.2, 0.25) is 0 Å². The first-order valence-corrected chi connectivity index (χ1v) is 7.57. The van der Waals surface area contributed by atoms with Crippen LogP contribution in [0.1, 0.15) is 11.1 Å². The summed E-state index contributed by atoms with van der Waals surface area (Å²) in [6.07, 6.45) is 4.04. The zero-order valence-electron chi connectivity index (χ0n) is 8.31. The minimum atomic E-state index is 0.860. The fourth-order valence-electron chi connectivity index (χ4n) is 1.29. The lowest BCUT2D eigenvalue weighted by Gasteiger charge is -2.01. The van der Waals surface area contributed by atoms with E-state index in [1.807, 2.05) is 12.4 Å². The molecule has 0 spiro atoms. The summed E-state index contributed by atoms with van der Waals surface area (Å²) in [6.45, 7) is 4.32. The van der Waals surface area contributed by atoms with Gasteiger partial charge in [-0.25, -0.2) is 0 Å². The Hall–Kier alpha value is -0.580. The van der Waals surface area contributed by atoms with Crippen LogP contribution in [0.4, 0.5) is 0 Å². The number of aromatic amines is 2. The molecule has 2 heterocycles. The number of nitrogens with one attached hydrogen (secondary N) is 2. The SMILES string of the molecule is Cc1cc[nH]c1PPc1[nH]ccc1C. The molecule has 2 rings (SSSR count). The Bertz CT molecular complexity index is 377. The molecule has 2 nitrogen and oxygen atoms in total. The van der Waals surface area contributed by atoms with Gasteiger partial charge in [-0.15, -0.1) is 0 Å². The largest absolute Gasteiger partial charge is 0.361 e. The minimum absolute atomic E-state index is 0.860. The van der Waals surface area contributed by atoms with Gasteiger partial charge in [-0.1, -0.05) is 0 Å². The van der Waals surface area contributed by atoms with Gasteiger partial charge in [-0.3, -0.25) is 0 Å². The summed E-state index contributed by atoms with van der Waals surface area (Å²) in [7, 11) is 1.72. The van der Waals surface area contributed by atoms with E-state index in [9.17, 15) is 0 Å². The van der Waals surface area contributed by atoms with Gasteiger partial charge >= 0.3 is 0 Å². The van der Waals surface area contributed by atoms with Crippen LogP contribution in [0.3, 0.4) is 0 Å². The predicted molar refractivity (Wildman–Crippen MR) is 67.0 cm³/mol. The van der Waals surface area contributed by atoms with E-state index < -0.39 is 0 Å². The van der Waals surface area contributed by atoms with Gasteiger partial charge in [0.15, 0.2) is 0 Å². The topological polar surface area (TPSA) is 31.6 Å². The molecular formula is C10H14N2P2. The molecule has 0 saturated heterocycles. The molecule has 0 aliphatic rings. The number of hydrogen-bond acceptors (Lipinski definition) is 0. The van der Waals surface area contributed by atoms with Crippen molar-refractivity contribution in [2.45, 2.75) is 13.8 Å². The first-order chi connectivity index (χ1) is 6.77. The summed E-state index contributed by atoms with van der Waals surface area (Å²) < 4.78 is 0. The third-order valence-electron chi connectivity index (χ3n) is 2.22. The van der Waals surface area contributed by atoms with Crippen molar-refractivity contribution in [2.75, 3.05) is 0 Å². The molecule has 0 aromatic carbocycles. The number of H-pyrrole nitrogens is 2. The van der Waals surface area contributed by atoms with Gasteiger partial charge in [0.2, 0.25) is 0 Å². The van der Waals surface area contributed by atoms with Crippen LogP contribution in [0.5, 0.6) is 0 Å². The van der Waals surface area contributed by atoms with Crippen LogP contribution >= 0.6 is 16.5 Å². The second-order valence-electron chi connectivity index (χ2n) is 3.32. The maximum Gasteiger partial charge on any atom is 0.0427 e. The van der Waals surface area contributed by atoms with Gasteiger partial charge in [0.1, 0.15) is 0 Å². The Morgan fingerprint density at radius 2 is 1.29 bits per heavy atom. The standard InChI is InChI=1S/C10H14N2P2/c1-7-3-5-11-9(7)13-14-10-8(2)4-6-12-10/h3-6,11-14H,1-2H3. The first kappa shape index (κ1) is 9.96. The molecule has 0 bridgehead atoms. The molecule has 0 saturated carbocycles. The van der Waals surface area contributed by atoms with E-state index in [0.717, 1.165) is 16.5 Å². The third kappa shape index (κ3) is 2.08. The van der Waals surface area contributed by atoms with Crippen LogP contribution in [0.25, 0.3) is 0 Å². The summed E-state index contributed by atoms with van der Waals surface area (Å²) in [4.78, 5) is 6.59. The first-order valence-electron chi connectivity index (χ1n) is 4.57. The molecular weight excluding hydrogens is 210 g/mol. The van der Waals surface area contributed by atoms with E-state index >= 15 is 0 Å². The zero-order valence-corrected chi connectivity index (χ0v) is 10.3. The van der Waals surface area contributed by atoms with E-state index in [2.05, 4.69) is 35.9 Å². The lowest BCUT2D eigenvalue weighted by molar-refractivity contribution is 1.46. The summed E-state index contributed by atoms with van der Waals surface area (Å²) in [5.74, 6) is 0. The highest BCUT2D eigenvalue weighted by atomic mass is 32.0. The Labute approximate surface area is 87.4 Å². The normalized spacial score (nSPS) is 12.4. The highest BCUT2D eigenvalue weighted by Crippen LogP contribution is 2.35. The average Bonchev–Trinajstić information content (AvgIpc) is 2.72. The van der Waals surface area contributed by atoms with E-state index in [4.69, 9.17) is 0 Å². The predicted octanol–water partition coefficient (Wildman–Crippen LogP) is 2.18. The third-order valence-corrected chi connectivity index (χ3v) is 5.80. The highest BCUT2D eigenvalue weighted by Gasteiger charge is 2.02. The van der Waals surface area contributed by atoms with Crippen molar-refractivity contribution >= 4 is 27.4 Å². The molecule has 4 heteroatoms.